The van der Waals surface area contributed by atoms with Gasteiger partial charge in [-0.15, -0.1) is 0 Å². The first-order chi connectivity index (χ1) is 13.6. The quantitative estimate of drug-likeness (QED) is 0.522. The van der Waals surface area contributed by atoms with Gasteiger partial charge in [-0.2, -0.15) is 0 Å². The van der Waals surface area contributed by atoms with Crippen LogP contribution >= 0.6 is 0 Å². The predicted molar refractivity (Wildman–Crippen MR) is 105 cm³/mol. The molecule has 1 saturated heterocycles. The highest BCUT2D eigenvalue weighted by atomic mass is 16.2. The van der Waals surface area contributed by atoms with Gasteiger partial charge < -0.3 is 9.80 Å². The summed E-state index contributed by atoms with van der Waals surface area (Å²) in [5, 5.41) is 1.78. The van der Waals surface area contributed by atoms with Gasteiger partial charge in [0.1, 0.15) is 5.69 Å². The van der Waals surface area contributed by atoms with E-state index in [-0.39, 0.29) is 11.6 Å². The molecule has 1 fully saturated rings. The second kappa shape index (κ2) is 7.60. The number of benzene rings is 2. The Hall–Kier alpha value is -3.54. The number of amides is 2. The first-order valence-corrected chi connectivity index (χ1v) is 9.16. The number of piperazine rings is 1. The van der Waals surface area contributed by atoms with Crippen LogP contribution in [0, 0.1) is 0 Å². The van der Waals surface area contributed by atoms with Gasteiger partial charge in [-0.1, -0.05) is 42.5 Å². The molecule has 2 heterocycles. The fraction of sp³-hybridized carbons (Fsp3) is 0.182. The molecule has 6 nitrogen and oxygen atoms in total. The van der Waals surface area contributed by atoms with Crippen LogP contribution in [-0.2, 0) is 4.79 Å². The number of pyridine rings is 1. The van der Waals surface area contributed by atoms with Crippen LogP contribution in [0.5, 0.6) is 0 Å². The summed E-state index contributed by atoms with van der Waals surface area (Å²) >= 11 is 0. The number of nitrogens with zero attached hydrogens (tertiary/aromatic N) is 3. The summed E-state index contributed by atoms with van der Waals surface area (Å²) in [5.74, 6) is -1.25. The maximum Gasteiger partial charge on any atom is 0.296 e. The molecule has 0 aliphatic carbocycles. The SMILES string of the molecule is O=C(C(=O)N1CCN(C(=O)c2ccccc2)CC1)c1cc2ccccc2cn1. The summed E-state index contributed by atoms with van der Waals surface area (Å²) in [5.41, 5.74) is 0.769. The van der Waals surface area contributed by atoms with Crippen LogP contribution in [-0.4, -0.2) is 58.6 Å². The number of carbonyl (C=O) groups excluding carboxylic acids is 3. The third-order valence-electron chi connectivity index (χ3n) is 4.93. The molecule has 0 unspecified atom stereocenters. The van der Waals surface area contributed by atoms with Gasteiger partial charge in [-0.3, -0.25) is 19.4 Å². The van der Waals surface area contributed by atoms with Gasteiger partial charge in [-0.05, 0) is 23.6 Å². The molecule has 140 valence electrons. The van der Waals surface area contributed by atoms with E-state index in [0.717, 1.165) is 10.8 Å². The second-order valence-electron chi connectivity index (χ2n) is 6.70. The van der Waals surface area contributed by atoms with E-state index in [1.54, 1.807) is 29.3 Å². The molecule has 2 amide bonds. The van der Waals surface area contributed by atoms with E-state index in [9.17, 15) is 14.4 Å². The molecule has 1 aliphatic heterocycles. The summed E-state index contributed by atoms with van der Waals surface area (Å²) in [6.07, 6.45) is 1.60. The lowest BCUT2D eigenvalue weighted by Gasteiger charge is -2.34. The van der Waals surface area contributed by atoms with Gasteiger partial charge in [0, 0.05) is 43.3 Å². The average Bonchev–Trinajstić information content (AvgIpc) is 2.78. The average molecular weight is 373 g/mol. The number of ketones is 1. The summed E-state index contributed by atoms with van der Waals surface area (Å²) < 4.78 is 0. The van der Waals surface area contributed by atoms with Crippen molar-refractivity contribution in [1.29, 1.82) is 0 Å². The largest absolute Gasteiger partial charge is 0.335 e. The molecule has 0 spiro atoms. The Morgan fingerprint density at radius 2 is 1.36 bits per heavy atom. The lowest BCUT2D eigenvalue weighted by atomic mass is 10.1. The molecule has 0 bridgehead atoms. The van der Waals surface area contributed by atoms with Crippen molar-refractivity contribution >= 4 is 28.4 Å². The minimum Gasteiger partial charge on any atom is -0.335 e. The minimum atomic E-state index is -0.617. The number of aromatic nitrogens is 1. The predicted octanol–water partition coefficient (Wildman–Crippen LogP) is 2.40. The maximum absolute atomic E-state index is 12.6. The summed E-state index contributed by atoms with van der Waals surface area (Å²) in [7, 11) is 0. The van der Waals surface area contributed by atoms with Gasteiger partial charge in [0.25, 0.3) is 17.6 Å². The van der Waals surface area contributed by atoms with Crippen LogP contribution in [0.4, 0.5) is 0 Å². The second-order valence-corrected chi connectivity index (χ2v) is 6.70. The highest BCUT2D eigenvalue weighted by Crippen LogP contribution is 2.15. The van der Waals surface area contributed by atoms with Crippen LogP contribution in [0.15, 0.2) is 66.9 Å². The molecule has 0 atom stereocenters. The van der Waals surface area contributed by atoms with Crippen LogP contribution in [0.1, 0.15) is 20.8 Å². The van der Waals surface area contributed by atoms with Gasteiger partial charge in [0.15, 0.2) is 0 Å². The lowest BCUT2D eigenvalue weighted by molar-refractivity contribution is -0.127. The lowest BCUT2D eigenvalue weighted by Crippen LogP contribution is -2.52. The highest BCUT2D eigenvalue weighted by Gasteiger charge is 2.29. The maximum atomic E-state index is 12.6. The fourth-order valence-corrected chi connectivity index (χ4v) is 3.34. The Labute approximate surface area is 162 Å². The topological polar surface area (TPSA) is 70.6 Å². The van der Waals surface area contributed by atoms with Crippen molar-refractivity contribution in [3.8, 4) is 0 Å². The molecule has 0 radical (unpaired) electrons. The fourth-order valence-electron chi connectivity index (χ4n) is 3.34. The minimum absolute atomic E-state index is 0.0600. The standard InChI is InChI=1S/C22H19N3O3/c26-20(19-14-17-8-4-5-9-18(17)15-23-19)22(28)25-12-10-24(11-13-25)21(27)16-6-2-1-3-7-16/h1-9,14-15H,10-13H2. The van der Waals surface area contributed by atoms with Crippen molar-refractivity contribution in [1.82, 2.24) is 14.8 Å². The molecule has 0 N–H and O–H groups in total. The number of Topliss-reactive ketones (excluding diaryl/α,β-unsaturated/α-hetero) is 1. The Bertz CT molecular complexity index is 1040. The Morgan fingerprint density at radius 3 is 2.07 bits per heavy atom. The third kappa shape index (κ3) is 3.49. The van der Waals surface area contributed by atoms with Crippen molar-refractivity contribution in [2.24, 2.45) is 0 Å². The molecular formula is C22H19N3O3. The molecule has 2 aromatic carbocycles. The number of hydrogen-bond donors (Lipinski definition) is 0. The first-order valence-electron chi connectivity index (χ1n) is 9.16. The molecule has 1 aromatic heterocycles. The van der Waals surface area contributed by atoms with E-state index in [0.29, 0.717) is 31.7 Å². The van der Waals surface area contributed by atoms with Gasteiger partial charge >= 0.3 is 0 Å². The number of fused-ring (bicyclic) bond motifs is 1. The Kier molecular flexibility index (Phi) is 4.85. The van der Waals surface area contributed by atoms with Crippen LogP contribution in [0.2, 0.25) is 0 Å². The van der Waals surface area contributed by atoms with Crippen molar-refractivity contribution in [2.45, 2.75) is 0 Å². The molecule has 6 heteroatoms. The summed E-state index contributed by atoms with van der Waals surface area (Å²) in [4.78, 5) is 45.1. The molecule has 3 aromatic rings. The molecule has 4 rings (SSSR count). The normalized spacial score (nSPS) is 14.1. The van der Waals surface area contributed by atoms with Crippen molar-refractivity contribution in [2.75, 3.05) is 26.2 Å². The molecule has 0 saturated carbocycles. The van der Waals surface area contributed by atoms with Crippen molar-refractivity contribution in [3.05, 3.63) is 78.1 Å². The molecular weight excluding hydrogens is 354 g/mol. The van der Waals surface area contributed by atoms with E-state index >= 15 is 0 Å². The monoisotopic (exact) mass is 373 g/mol. The zero-order chi connectivity index (χ0) is 19.5. The van der Waals surface area contributed by atoms with Crippen LogP contribution in [0.25, 0.3) is 10.8 Å². The Morgan fingerprint density at radius 1 is 0.750 bits per heavy atom. The molecule has 28 heavy (non-hydrogen) atoms. The zero-order valence-electron chi connectivity index (χ0n) is 15.2. The number of rotatable bonds is 3. The zero-order valence-corrected chi connectivity index (χ0v) is 15.2. The van der Waals surface area contributed by atoms with Gasteiger partial charge in [-0.25, -0.2) is 0 Å². The smallest absolute Gasteiger partial charge is 0.296 e. The first kappa shape index (κ1) is 17.9. The van der Waals surface area contributed by atoms with E-state index in [4.69, 9.17) is 0 Å². The number of carbonyl (C=O) groups is 3. The van der Waals surface area contributed by atoms with Gasteiger partial charge in [0.2, 0.25) is 0 Å². The van der Waals surface area contributed by atoms with Crippen LogP contribution < -0.4 is 0 Å². The van der Waals surface area contributed by atoms with Crippen LogP contribution in [0.3, 0.4) is 0 Å². The number of hydrogen-bond acceptors (Lipinski definition) is 4. The summed E-state index contributed by atoms with van der Waals surface area (Å²) in [6, 6.07) is 18.3. The van der Waals surface area contributed by atoms with E-state index < -0.39 is 11.7 Å². The summed E-state index contributed by atoms with van der Waals surface area (Å²) in [6.45, 7) is 1.46. The third-order valence-corrected chi connectivity index (χ3v) is 4.93. The van der Waals surface area contributed by atoms with Crippen molar-refractivity contribution in [3.63, 3.8) is 0 Å². The van der Waals surface area contributed by atoms with E-state index in [1.807, 2.05) is 42.5 Å². The highest BCUT2D eigenvalue weighted by molar-refractivity contribution is 6.42. The Balaban J connectivity index is 1.41. The van der Waals surface area contributed by atoms with Crippen molar-refractivity contribution < 1.29 is 14.4 Å². The van der Waals surface area contributed by atoms with E-state index in [1.165, 1.54) is 4.90 Å². The van der Waals surface area contributed by atoms with Gasteiger partial charge in [0.05, 0.1) is 0 Å². The molecule has 1 aliphatic rings. The van der Waals surface area contributed by atoms with E-state index in [2.05, 4.69) is 4.98 Å².